The van der Waals surface area contributed by atoms with Crippen LogP contribution < -0.4 is 10.6 Å². The Balaban J connectivity index is 1.36. The molecule has 4 rings (SSSR count). The van der Waals surface area contributed by atoms with Gasteiger partial charge in [0, 0.05) is 18.5 Å². The van der Waals surface area contributed by atoms with Gasteiger partial charge in [0.2, 0.25) is 5.91 Å². The van der Waals surface area contributed by atoms with Crippen LogP contribution in [-0.2, 0) is 16.0 Å². The van der Waals surface area contributed by atoms with Crippen molar-refractivity contribution in [3.05, 3.63) is 18.2 Å². The van der Waals surface area contributed by atoms with Gasteiger partial charge in [-0.05, 0) is 56.5 Å². The fourth-order valence-electron chi connectivity index (χ4n) is 3.97. The number of carbonyl (C=O) groups excluding carboxylic acids is 1. The Morgan fingerprint density at radius 3 is 2.87 bits per heavy atom. The molecule has 1 aliphatic heterocycles. The fourth-order valence-corrected chi connectivity index (χ4v) is 3.97. The highest BCUT2D eigenvalue weighted by Crippen LogP contribution is 2.36. The Labute approximate surface area is 136 Å². The molecule has 2 aliphatic carbocycles. The minimum atomic E-state index is 0.0590. The summed E-state index contributed by atoms with van der Waals surface area (Å²) in [5, 5.41) is 6.72. The third-order valence-corrected chi connectivity index (χ3v) is 5.52. The molecule has 2 heterocycles. The van der Waals surface area contributed by atoms with Crippen LogP contribution in [0.3, 0.4) is 0 Å². The number of nitrogens with zero attached hydrogens (tertiary/aromatic N) is 1. The second-order valence-corrected chi connectivity index (χ2v) is 7.39. The molecule has 0 radical (unpaired) electrons. The summed E-state index contributed by atoms with van der Waals surface area (Å²) in [5.41, 5.74) is 0.856. The zero-order valence-corrected chi connectivity index (χ0v) is 13.5. The first kappa shape index (κ1) is 15.1. The number of fused-ring (bicyclic) bond motifs is 1. The van der Waals surface area contributed by atoms with E-state index >= 15 is 0 Å². The summed E-state index contributed by atoms with van der Waals surface area (Å²) in [5.74, 6) is 2.20. The number of nitrogens with one attached hydrogen (secondary N) is 3. The van der Waals surface area contributed by atoms with Gasteiger partial charge in [0.1, 0.15) is 0 Å². The zero-order chi connectivity index (χ0) is 15.6. The second kappa shape index (κ2) is 6.61. The van der Waals surface area contributed by atoms with Gasteiger partial charge >= 0.3 is 0 Å². The largest absolute Gasteiger partial charge is 0.376 e. The maximum Gasteiger partial charge on any atom is 0.226 e. The van der Waals surface area contributed by atoms with Gasteiger partial charge in [-0.3, -0.25) is 4.79 Å². The van der Waals surface area contributed by atoms with Gasteiger partial charge < -0.3 is 20.4 Å². The maximum atomic E-state index is 12.3. The van der Waals surface area contributed by atoms with E-state index in [1.807, 2.05) is 0 Å². The van der Waals surface area contributed by atoms with Crippen LogP contribution in [-0.4, -0.2) is 47.7 Å². The van der Waals surface area contributed by atoms with Crippen LogP contribution in [0.5, 0.6) is 0 Å². The number of rotatable bonds is 6. The number of amides is 1. The highest BCUT2D eigenvalue weighted by Gasteiger charge is 2.41. The lowest BCUT2D eigenvalue weighted by atomic mass is 9.77. The molecular formula is C17H26N4O2. The van der Waals surface area contributed by atoms with Crippen molar-refractivity contribution in [2.75, 3.05) is 19.7 Å². The van der Waals surface area contributed by atoms with Crippen molar-refractivity contribution >= 4 is 5.91 Å². The molecule has 1 saturated heterocycles. The molecule has 0 spiro atoms. The van der Waals surface area contributed by atoms with Crippen LogP contribution in [0.25, 0.3) is 0 Å². The molecule has 1 aromatic rings. The predicted molar refractivity (Wildman–Crippen MR) is 85.8 cm³/mol. The van der Waals surface area contributed by atoms with E-state index in [2.05, 4.69) is 20.6 Å². The minimum Gasteiger partial charge on any atom is -0.376 e. The molecule has 0 unspecified atom stereocenters. The summed E-state index contributed by atoms with van der Waals surface area (Å²) < 4.78 is 6.20. The molecule has 6 heteroatoms. The molecule has 2 saturated carbocycles. The zero-order valence-electron chi connectivity index (χ0n) is 13.5. The normalized spacial score (nSPS) is 33.4. The second-order valence-electron chi connectivity index (χ2n) is 7.39. The maximum absolute atomic E-state index is 12.3. The summed E-state index contributed by atoms with van der Waals surface area (Å²) in [6.45, 7) is 3.04. The molecule has 126 valence electrons. The van der Waals surface area contributed by atoms with E-state index in [0.717, 1.165) is 44.1 Å². The molecular weight excluding hydrogens is 292 g/mol. The van der Waals surface area contributed by atoms with Crippen molar-refractivity contribution in [3.8, 4) is 0 Å². The number of aromatic amines is 1. The van der Waals surface area contributed by atoms with Gasteiger partial charge in [-0.2, -0.15) is 0 Å². The molecule has 1 amide bonds. The van der Waals surface area contributed by atoms with E-state index in [1.54, 1.807) is 12.5 Å². The molecule has 0 aromatic carbocycles. The smallest absolute Gasteiger partial charge is 0.226 e. The first-order valence-corrected chi connectivity index (χ1v) is 8.87. The average molecular weight is 318 g/mol. The number of ether oxygens (including phenoxy) is 1. The van der Waals surface area contributed by atoms with Gasteiger partial charge in [-0.15, -0.1) is 0 Å². The number of H-pyrrole nitrogens is 1. The van der Waals surface area contributed by atoms with Crippen LogP contribution >= 0.6 is 0 Å². The fraction of sp³-hybridized carbons (Fsp3) is 0.765. The van der Waals surface area contributed by atoms with Crippen LogP contribution in [0.2, 0.25) is 0 Å². The Kier molecular flexibility index (Phi) is 4.35. The Morgan fingerprint density at radius 2 is 2.13 bits per heavy atom. The lowest BCUT2D eigenvalue weighted by molar-refractivity contribution is -0.123. The lowest BCUT2D eigenvalue weighted by Crippen LogP contribution is -2.51. The first-order chi connectivity index (χ1) is 11.3. The van der Waals surface area contributed by atoms with Crippen LogP contribution in [0, 0.1) is 17.8 Å². The molecule has 3 fully saturated rings. The van der Waals surface area contributed by atoms with Crippen molar-refractivity contribution in [1.82, 2.24) is 20.6 Å². The number of carbonyl (C=O) groups is 1. The van der Waals surface area contributed by atoms with Crippen molar-refractivity contribution in [3.63, 3.8) is 0 Å². The van der Waals surface area contributed by atoms with E-state index in [9.17, 15) is 4.79 Å². The van der Waals surface area contributed by atoms with Gasteiger partial charge in [0.05, 0.1) is 24.9 Å². The highest BCUT2D eigenvalue weighted by molar-refractivity contribution is 5.78. The third-order valence-electron chi connectivity index (χ3n) is 5.52. The third kappa shape index (κ3) is 3.75. The molecule has 1 aromatic heterocycles. The summed E-state index contributed by atoms with van der Waals surface area (Å²) in [6.07, 6.45) is 8.55. The molecule has 23 heavy (non-hydrogen) atoms. The predicted octanol–water partition coefficient (Wildman–Crippen LogP) is 0.862. The molecule has 3 aliphatic rings. The molecule has 6 nitrogen and oxygen atoms in total. The van der Waals surface area contributed by atoms with Gasteiger partial charge in [0.15, 0.2) is 0 Å². The average Bonchev–Trinajstić information content (AvgIpc) is 3.02. The number of hydrogen-bond acceptors (Lipinski definition) is 4. The highest BCUT2D eigenvalue weighted by atomic mass is 16.5. The van der Waals surface area contributed by atoms with E-state index in [4.69, 9.17) is 4.74 Å². The monoisotopic (exact) mass is 318 g/mol. The summed E-state index contributed by atoms with van der Waals surface area (Å²) in [7, 11) is 0. The van der Waals surface area contributed by atoms with Gasteiger partial charge in [0.25, 0.3) is 0 Å². The Hall–Kier alpha value is -1.40. The minimum absolute atomic E-state index is 0.0590. The van der Waals surface area contributed by atoms with Crippen molar-refractivity contribution in [1.29, 1.82) is 0 Å². The van der Waals surface area contributed by atoms with Crippen molar-refractivity contribution < 1.29 is 9.53 Å². The van der Waals surface area contributed by atoms with E-state index in [1.165, 1.54) is 12.8 Å². The lowest BCUT2D eigenvalue weighted by Gasteiger charge is -2.38. The standard InChI is InChI=1S/C17H26N4O2/c22-17(5-14-8-19-10-20-14)21-15-3-12-6-18-7-13(12)4-16(15)23-9-11-1-2-11/h8,10-13,15-16,18H,1-7,9H2,(H,19,20)(H,21,22)/t12-,13+,15-,16-/m0/s1. The van der Waals surface area contributed by atoms with Crippen LogP contribution in [0.15, 0.2) is 12.5 Å². The SMILES string of the molecule is O=C(Cc1cnc[nH]1)N[C@H]1C[C@H]2CNC[C@H]2C[C@@H]1OCC1CC1. The molecule has 3 N–H and O–H groups in total. The molecule has 4 atom stereocenters. The number of hydrogen-bond donors (Lipinski definition) is 3. The van der Waals surface area contributed by atoms with E-state index < -0.39 is 0 Å². The van der Waals surface area contributed by atoms with Crippen LogP contribution in [0.1, 0.15) is 31.4 Å². The topological polar surface area (TPSA) is 79.0 Å². The summed E-state index contributed by atoms with van der Waals surface area (Å²) >= 11 is 0. The summed E-state index contributed by atoms with van der Waals surface area (Å²) in [4.78, 5) is 19.3. The molecule has 0 bridgehead atoms. The number of aromatic nitrogens is 2. The Bertz CT molecular complexity index is 529. The quantitative estimate of drug-likeness (QED) is 0.727. The summed E-state index contributed by atoms with van der Waals surface area (Å²) in [6, 6.07) is 0.144. The number of imidazole rings is 1. The van der Waals surface area contributed by atoms with E-state index in [0.29, 0.717) is 18.3 Å². The van der Waals surface area contributed by atoms with Gasteiger partial charge in [-0.25, -0.2) is 4.98 Å². The van der Waals surface area contributed by atoms with Gasteiger partial charge in [-0.1, -0.05) is 0 Å². The van der Waals surface area contributed by atoms with Crippen molar-refractivity contribution in [2.24, 2.45) is 17.8 Å². The van der Waals surface area contributed by atoms with E-state index in [-0.39, 0.29) is 18.1 Å². The van der Waals surface area contributed by atoms with Crippen LogP contribution in [0.4, 0.5) is 0 Å². The Morgan fingerprint density at radius 1 is 1.30 bits per heavy atom. The first-order valence-electron chi connectivity index (χ1n) is 8.87. The van der Waals surface area contributed by atoms with Crippen molar-refractivity contribution in [2.45, 2.75) is 44.2 Å².